The molecule has 2 aliphatic heterocycles. The fraction of sp³-hybridized carbons (Fsp3) is 0.857. The van der Waals surface area contributed by atoms with Gasteiger partial charge in [-0.25, -0.2) is 0 Å². The number of rotatable bonds is 0. The van der Waals surface area contributed by atoms with Crippen molar-refractivity contribution >= 4 is 18.3 Å². The quantitative estimate of drug-likeness (QED) is 0.558. The average molecular weight is 177 g/mol. The highest BCUT2D eigenvalue weighted by molar-refractivity contribution is 5.86. The van der Waals surface area contributed by atoms with Gasteiger partial charge in [-0.05, 0) is 6.42 Å². The maximum atomic E-state index is 11.4. The summed E-state index contributed by atoms with van der Waals surface area (Å²) in [5, 5.41) is 3.15. The Balaban J connectivity index is 0.000000605. The van der Waals surface area contributed by atoms with Gasteiger partial charge in [0.25, 0.3) is 0 Å². The van der Waals surface area contributed by atoms with E-state index in [0.29, 0.717) is 5.91 Å². The molecule has 11 heavy (non-hydrogen) atoms. The van der Waals surface area contributed by atoms with Crippen LogP contribution in [0.5, 0.6) is 0 Å². The molecule has 1 amide bonds. The van der Waals surface area contributed by atoms with E-state index in [4.69, 9.17) is 0 Å². The van der Waals surface area contributed by atoms with Crippen LogP contribution < -0.4 is 5.32 Å². The molecule has 1 N–H and O–H groups in total. The van der Waals surface area contributed by atoms with Crippen LogP contribution in [0.4, 0.5) is 0 Å². The maximum Gasteiger partial charge on any atom is 0.231 e. The van der Waals surface area contributed by atoms with Crippen LogP contribution in [0, 0.1) is 5.41 Å². The zero-order valence-electron chi connectivity index (χ0n) is 6.59. The van der Waals surface area contributed by atoms with Crippen LogP contribution in [0.15, 0.2) is 0 Å². The second kappa shape index (κ2) is 2.64. The molecule has 1 spiro atoms. The molecule has 0 aliphatic carbocycles. The molecule has 0 aromatic rings. The van der Waals surface area contributed by atoms with Gasteiger partial charge in [0.15, 0.2) is 0 Å². The van der Waals surface area contributed by atoms with Crippen LogP contribution in [0.2, 0.25) is 0 Å². The summed E-state index contributed by atoms with van der Waals surface area (Å²) in [5.41, 5.74) is 0.0226. The standard InChI is InChI=1S/C7H12N2O.ClH/c1-9-3-2-7(6(9)10)4-8-5-7;/h8H,2-5H2,1H3;1H. The highest BCUT2D eigenvalue weighted by atomic mass is 35.5. The number of likely N-dealkylation sites (tertiary alicyclic amines) is 1. The third-order valence-corrected chi connectivity index (χ3v) is 2.65. The molecule has 0 aromatic heterocycles. The number of amides is 1. The Morgan fingerprint density at radius 1 is 1.55 bits per heavy atom. The van der Waals surface area contributed by atoms with Crippen LogP contribution in [0.25, 0.3) is 0 Å². The number of nitrogens with zero attached hydrogens (tertiary/aromatic N) is 1. The van der Waals surface area contributed by atoms with Gasteiger partial charge in [-0.1, -0.05) is 0 Å². The first-order chi connectivity index (χ1) is 4.75. The minimum atomic E-state index is 0. The van der Waals surface area contributed by atoms with E-state index in [1.54, 1.807) is 0 Å². The second-order valence-electron chi connectivity index (χ2n) is 3.36. The molecule has 2 rings (SSSR count). The summed E-state index contributed by atoms with van der Waals surface area (Å²) in [6.45, 7) is 2.74. The van der Waals surface area contributed by atoms with Gasteiger partial charge in [0, 0.05) is 26.7 Å². The Bertz CT molecular complexity index is 179. The molecule has 64 valence electrons. The highest BCUT2D eigenvalue weighted by Gasteiger charge is 2.49. The van der Waals surface area contributed by atoms with E-state index in [9.17, 15) is 4.79 Å². The van der Waals surface area contributed by atoms with Crippen LogP contribution in [0.1, 0.15) is 6.42 Å². The monoisotopic (exact) mass is 176 g/mol. The fourth-order valence-electron chi connectivity index (χ4n) is 1.75. The van der Waals surface area contributed by atoms with Gasteiger partial charge in [0.05, 0.1) is 5.41 Å². The van der Waals surface area contributed by atoms with E-state index in [-0.39, 0.29) is 17.8 Å². The summed E-state index contributed by atoms with van der Waals surface area (Å²) in [7, 11) is 1.88. The predicted octanol–water partition coefficient (Wildman–Crippen LogP) is -0.140. The van der Waals surface area contributed by atoms with Crippen molar-refractivity contribution in [1.82, 2.24) is 10.2 Å². The number of hydrogen-bond donors (Lipinski definition) is 1. The van der Waals surface area contributed by atoms with Gasteiger partial charge in [0.2, 0.25) is 5.91 Å². The molecule has 0 aromatic carbocycles. The van der Waals surface area contributed by atoms with E-state index in [0.717, 1.165) is 26.1 Å². The molecule has 0 atom stereocenters. The lowest BCUT2D eigenvalue weighted by atomic mass is 9.80. The summed E-state index contributed by atoms with van der Waals surface area (Å²) < 4.78 is 0. The molecule has 0 radical (unpaired) electrons. The first-order valence-electron chi connectivity index (χ1n) is 3.71. The molecule has 0 unspecified atom stereocenters. The number of halogens is 1. The van der Waals surface area contributed by atoms with Crippen LogP contribution in [-0.4, -0.2) is 37.5 Å². The second-order valence-corrected chi connectivity index (χ2v) is 3.36. The van der Waals surface area contributed by atoms with Crippen LogP contribution in [0.3, 0.4) is 0 Å². The number of carbonyl (C=O) groups excluding carboxylic acids is 1. The molecule has 0 saturated carbocycles. The summed E-state index contributed by atoms with van der Waals surface area (Å²) >= 11 is 0. The van der Waals surface area contributed by atoms with Crippen molar-refractivity contribution in [2.75, 3.05) is 26.7 Å². The van der Waals surface area contributed by atoms with E-state index in [1.807, 2.05) is 11.9 Å². The molecule has 3 nitrogen and oxygen atoms in total. The lowest BCUT2D eigenvalue weighted by molar-refractivity contribution is -0.137. The Hall–Kier alpha value is -0.280. The normalized spacial score (nSPS) is 26.6. The number of nitrogens with one attached hydrogen (secondary N) is 1. The van der Waals surface area contributed by atoms with E-state index >= 15 is 0 Å². The summed E-state index contributed by atoms with van der Waals surface area (Å²) in [6, 6.07) is 0. The van der Waals surface area contributed by atoms with E-state index in [2.05, 4.69) is 5.32 Å². The molecular formula is C7H13ClN2O. The maximum absolute atomic E-state index is 11.4. The zero-order chi connectivity index (χ0) is 7.19. The highest BCUT2D eigenvalue weighted by Crippen LogP contribution is 2.34. The summed E-state index contributed by atoms with van der Waals surface area (Å²) in [5.74, 6) is 0.339. The minimum absolute atomic E-state index is 0. The lowest BCUT2D eigenvalue weighted by Crippen LogP contribution is -2.57. The van der Waals surface area contributed by atoms with Crippen molar-refractivity contribution < 1.29 is 4.79 Å². The predicted molar refractivity (Wildman–Crippen MR) is 44.8 cm³/mol. The van der Waals surface area contributed by atoms with E-state index in [1.165, 1.54) is 0 Å². The molecule has 0 bridgehead atoms. The van der Waals surface area contributed by atoms with Crippen molar-refractivity contribution in [3.63, 3.8) is 0 Å². The number of hydrogen-bond acceptors (Lipinski definition) is 2. The van der Waals surface area contributed by atoms with Gasteiger partial charge in [-0.2, -0.15) is 0 Å². The van der Waals surface area contributed by atoms with Crippen molar-refractivity contribution in [3.8, 4) is 0 Å². The minimum Gasteiger partial charge on any atom is -0.345 e. The Labute approximate surface area is 72.5 Å². The first kappa shape index (κ1) is 8.81. The third kappa shape index (κ3) is 1.03. The average Bonchev–Trinajstić information content (AvgIpc) is 2.10. The SMILES string of the molecule is CN1CCC2(CNC2)C1=O.Cl. The molecule has 2 saturated heterocycles. The van der Waals surface area contributed by atoms with Crippen molar-refractivity contribution in [3.05, 3.63) is 0 Å². The molecule has 2 fully saturated rings. The zero-order valence-corrected chi connectivity index (χ0v) is 7.41. The smallest absolute Gasteiger partial charge is 0.231 e. The van der Waals surface area contributed by atoms with Gasteiger partial charge in [-0.15, -0.1) is 12.4 Å². The van der Waals surface area contributed by atoms with Crippen molar-refractivity contribution in [2.24, 2.45) is 5.41 Å². The fourth-order valence-corrected chi connectivity index (χ4v) is 1.75. The lowest BCUT2D eigenvalue weighted by Gasteiger charge is -2.36. The molecule has 2 heterocycles. The summed E-state index contributed by atoms with van der Waals surface area (Å²) in [4.78, 5) is 13.2. The number of carbonyl (C=O) groups is 1. The van der Waals surface area contributed by atoms with Gasteiger partial charge in [0.1, 0.15) is 0 Å². The Kier molecular flexibility index (Phi) is 2.12. The van der Waals surface area contributed by atoms with Gasteiger partial charge >= 0.3 is 0 Å². The third-order valence-electron chi connectivity index (χ3n) is 2.65. The first-order valence-corrected chi connectivity index (χ1v) is 3.71. The van der Waals surface area contributed by atoms with Gasteiger partial charge < -0.3 is 10.2 Å². The van der Waals surface area contributed by atoms with Crippen LogP contribution >= 0.6 is 12.4 Å². The summed E-state index contributed by atoms with van der Waals surface area (Å²) in [6.07, 6.45) is 1.05. The van der Waals surface area contributed by atoms with Crippen LogP contribution in [-0.2, 0) is 4.79 Å². The Morgan fingerprint density at radius 3 is 2.36 bits per heavy atom. The molecule has 2 aliphatic rings. The molecule has 4 heteroatoms. The van der Waals surface area contributed by atoms with Crippen molar-refractivity contribution in [1.29, 1.82) is 0 Å². The Morgan fingerprint density at radius 2 is 2.18 bits per heavy atom. The van der Waals surface area contributed by atoms with Gasteiger partial charge in [-0.3, -0.25) is 4.79 Å². The van der Waals surface area contributed by atoms with Crippen molar-refractivity contribution in [2.45, 2.75) is 6.42 Å². The van der Waals surface area contributed by atoms with E-state index < -0.39 is 0 Å². The largest absolute Gasteiger partial charge is 0.345 e. The molecular weight excluding hydrogens is 164 g/mol. The topological polar surface area (TPSA) is 32.3 Å².